The smallest absolute Gasteiger partial charge is 0.382 e. The number of benzene rings is 1. The third-order valence-corrected chi connectivity index (χ3v) is 5.59. The number of halogens is 4. The lowest BCUT2D eigenvalue weighted by molar-refractivity contribution is -0.131. The Labute approximate surface area is 178 Å². The van der Waals surface area contributed by atoms with Gasteiger partial charge in [0.05, 0.1) is 24.0 Å². The molecule has 3 aromatic rings. The second-order valence-corrected chi connectivity index (χ2v) is 8.20. The first-order chi connectivity index (χ1) is 14.2. The van der Waals surface area contributed by atoms with Crippen molar-refractivity contribution in [3.05, 3.63) is 45.7 Å². The van der Waals surface area contributed by atoms with E-state index in [2.05, 4.69) is 31.3 Å². The van der Waals surface area contributed by atoms with E-state index >= 15 is 0 Å². The van der Waals surface area contributed by atoms with E-state index in [1.807, 2.05) is 13.0 Å². The summed E-state index contributed by atoms with van der Waals surface area (Å²) in [5.41, 5.74) is 10.4. The maximum atomic E-state index is 12.5. The van der Waals surface area contributed by atoms with Crippen LogP contribution in [0.2, 0.25) is 0 Å². The first-order valence-corrected chi connectivity index (χ1v) is 10.2. The molecule has 30 heavy (non-hydrogen) atoms. The molecule has 10 heteroatoms. The molecule has 0 spiro atoms. The molecule has 0 unspecified atom stereocenters. The number of alkyl halides is 3. The van der Waals surface area contributed by atoms with Gasteiger partial charge in [0.25, 0.3) is 0 Å². The second kappa shape index (κ2) is 7.57. The fraction of sp³-hybridized carbons (Fsp3) is 0.350. The summed E-state index contributed by atoms with van der Waals surface area (Å²) in [6.07, 6.45) is -1.50. The minimum atomic E-state index is -4.24. The third-order valence-electron chi connectivity index (χ3n) is 5.20. The number of rotatable bonds is 6. The van der Waals surface area contributed by atoms with Crippen molar-refractivity contribution in [2.75, 3.05) is 11.9 Å². The zero-order valence-corrected chi connectivity index (χ0v) is 17.6. The minimum Gasteiger partial charge on any atom is -0.382 e. The Morgan fingerprint density at radius 3 is 2.73 bits per heavy atom. The largest absolute Gasteiger partial charge is 0.390 e. The Hall–Kier alpha value is -2.62. The average Bonchev–Trinajstić information content (AvgIpc) is 3.39. The Kier molecular flexibility index (Phi) is 5.21. The van der Waals surface area contributed by atoms with Crippen LogP contribution in [0.4, 0.5) is 18.9 Å². The third kappa shape index (κ3) is 4.00. The summed E-state index contributed by atoms with van der Waals surface area (Å²) in [5.74, 6) is -0.141. The van der Waals surface area contributed by atoms with Crippen molar-refractivity contribution in [1.82, 2.24) is 14.6 Å². The van der Waals surface area contributed by atoms with Crippen LogP contribution >= 0.6 is 15.9 Å². The van der Waals surface area contributed by atoms with Gasteiger partial charge in [-0.15, -0.1) is 0 Å². The van der Waals surface area contributed by atoms with Gasteiger partial charge in [0.2, 0.25) is 5.91 Å². The van der Waals surface area contributed by atoms with Gasteiger partial charge >= 0.3 is 6.18 Å². The molecule has 1 fully saturated rings. The second-order valence-electron chi connectivity index (χ2n) is 7.39. The number of anilines is 1. The normalized spacial score (nSPS) is 14.3. The fourth-order valence-corrected chi connectivity index (χ4v) is 4.10. The van der Waals surface area contributed by atoms with Crippen LogP contribution in [0.5, 0.6) is 0 Å². The van der Waals surface area contributed by atoms with Gasteiger partial charge < -0.3 is 11.1 Å². The number of hydrogen-bond acceptors (Lipinski definition) is 4. The lowest BCUT2D eigenvalue weighted by Gasteiger charge is -2.15. The van der Waals surface area contributed by atoms with Gasteiger partial charge in [0.15, 0.2) is 5.65 Å². The summed E-state index contributed by atoms with van der Waals surface area (Å²) in [7, 11) is 0. The molecule has 0 bridgehead atoms. The number of carbonyl (C=O) groups excluding carboxylic acids is 1. The van der Waals surface area contributed by atoms with Crippen LogP contribution in [0.25, 0.3) is 16.9 Å². The molecule has 0 saturated heterocycles. The lowest BCUT2D eigenvalue weighted by atomic mass is 9.92. The summed E-state index contributed by atoms with van der Waals surface area (Å²) in [6, 6.07) is 5.13. The Morgan fingerprint density at radius 1 is 1.37 bits per heavy atom. The molecule has 2 aromatic heterocycles. The number of nitrogens with zero attached hydrogens (tertiary/aromatic N) is 3. The molecule has 0 radical (unpaired) electrons. The van der Waals surface area contributed by atoms with E-state index in [-0.39, 0.29) is 6.54 Å². The van der Waals surface area contributed by atoms with Crippen LogP contribution in [0.3, 0.4) is 0 Å². The van der Waals surface area contributed by atoms with E-state index in [4.69, 9.17) is 5.73 Å². The van der Waals surface area contributed by atoms with E-state index in [1.54, 1.807) is 22.8 Å². The number of carbonyl (C=O) groups is 1. The predicted octanol–water partition coefficient (Wildman–Crippen LogP) is 4.81. The van der Waals surface area contributed by atoms with Crippen LogP contribution in [-0.4, -0.2) is 33.2 Å². The summed E-state index contributed by atoms with van der Waals surface area (Å²) < 4.78 is 39.6. The Bertz CT molecular complexity index is 1140. The predicted molar refractivity (Wildman–Crippen MR) is 111 cm³/mol. The van der Waals surface area contributed by atoms with Gasteiger partial charge in [-0.1, -0.05) is 6.07 Å². The van der Waals surface area contributed by atoms with E-state index in [0.717, 1.165) is 29.5 Å². The molecular weight excluding hydrogens is 463 g/mol. The lowest BCUT2D eigenvalue weighted by Crippen LogP contribution is -2.15. The maximum absolute atomic E-state index is 12.5. The monoisotopic (exact) mass is 481 g/mol. The molecule has 1 saturated carbocycles. The van der Waals surface area contributed by atoms with E-state index in [1.165, 1.54) is 0 Å². The van der Waals surface area contributed by atoms with Crippen LogP contribution in [0.1, 0.15) is 46.7 Å². The molecule has 1 aromatic carbocycles. The fourth-order valence-electron chi connectivity index (χ4n) is 3.71. The molecule has 158 valence electrons. The van der Waals surface area contributed by atoms with Crippen molar-refractivity contribution in [2.45, 2.75) is 38.3 Å². The number of amides is 1. The van der Waals surface area contributed by atoms with Crippen molar-refractivity contribution in [3.8, 4) is 11.3 Å². The molecule has 0 atom stereocenters. The van der Waals surface area contributed by atoms with Gasteiger partial charge in [-0.2, -0.15) is 18.3 Å². The molecule has 0 aliphatic heterocycles. The topological polar surface area (TPSA) is 85.3 Å². The number of fused-ring (bicyclic) bond motifs is 1. The number of nitrogens with one attached hydrogen (secondary N) is 1. The number of aromatic nitrogens is 3. The highest BCUT2D eigenvalue weighted by molar-refractivity contribution is 9.10. The van der Waals surface area contributed by atoms with Crippen LogP contribution in [0, 0.1) is 6.92 Å². The quantitative estimate of drug-likeness (QED) is 0.528. The van der Waals surface area contributed by atoms with E-state index < -0.39 is 18.5 Å². The van der Waals surface area contributed by atoms with Crippen molar-refractivity contribution >= 4 is 33.2 Å². The highest BCUT2D eigenvalue weighted by atomic mass is 79.9. The van der Waals surface area contributed by atoms with Crippen molar-refractivity contribution in [3.63, 3.8) is 0 Å². The molecular formula is C20H19BrF3N5O. The number of primary amides is 1. The summed E-state index contributed by atoms with van der Waals surface area (Å²) in [5, 5.41) is 7.25. The van der Waals surface area contributed by atoms with Gasteiger partial charge in [0, 0.05) is 17.7 Å². The number of imidazole rings is 1. The average molecular weight is 482 g/mol. The summed E-state index contributed by atoms with van der Waals surface area (Å²) in [4.78, 5) is 16.2. The number of nitrogens with two attached hydrogens (primary N) is 1. The van der Waals surface area contributed by atoms with Crippen LogP contribution < -0.4 is 11.1 Å². The molecule has 3 N–H and O–H groups in total. The number of hydrogen-bond donors (Lipinski definition) is 2. The molecule has 4 rings (SSSR count). The molecule has 1 amide bonds. The summed E-state index contributed by atoms with van der Waals surface area (Å²) in [6.45, 7) is 1.62. The molecule has 6 nitrogen and oxygen atoms in total. The van der Waals surface area contributed by atoms with Gasteiger partial charge in [-0.05, 0) is 64.9 Å². The first-order valence-electron chi connectivity index (χ1n) is 9.44. The summed E-state index contributed by atoms with van der Waals surface area (Å²) >= 11 is 3.33. The van der Waals surface area contributed by atoms with Crippen LogP contribution in [-0.2, 0) is 0 Å². The molecule has 1 aliphatic rings. The van der Waals surface area contributed by atoms with Crippen molar-refractivity contribution in [1.29, 1.82) is 0 Å². The SMILES string of the molecule is Cc1c(C(N)=O)ccc(-c2cnc3c(NCCC(F)(F)F)cc(Br)nn23)c1C1CC1. The first kappa shape index (κ1) is 20.6. The molecule has 1 aliphatic carbocycles. The zero-order valence-electron chi connectivity index (χ0n) is 16.1. The van der Waals surface area contributed by atoms with Crippen LogP contribution in [0.15, 0.2) is 29.0 Å². The Morgan fingerprint density at radius 2 is 2.10 bits per heavy atom. The molecule has 2 heterocycles. The Balaban J connectivity index is 1.80. The van der Waals surface area contributed by atoms with Gasteiger partial charge in [-0.3, -0.25) is 4.79 Å². The van der Waals surface area contributed by atoms with E-state index in [9.17, 15) is 18.0 Å². The van der Waals surface area contributed by atoms with Gasteiger partial charge in [0.1, 0.15) is 4.60 Å². The van der Waals surface area contributed by atoms with Gasteiger partial charge in [-0.25, -0.2) is 9.50 Å². The van der Waals surface area contributed by atoms with Crippen molar-refractivity contribution in [2.24, 2.45) is 5.73 Å². The standard InChI is InChI=1S/C20H19BrF3N5O/c1-10-12(18(25)30)4-5-13(17(10)11-2-3-11)15-9-27-19-14(8-16(21)28-29(15)19)26-7-6-20(22,23)24/h4-5,8-9,11,26H,2-3,6-7H2,1H3,(H2,25,30). The van der Waals surface area contributed by atoms with Crippen molar-refractivity contribution < 1.29 is 18.0 Å². The van der Waals surface area contributed by atoms with E-state index in [0.29, 0.717) is 33.1 Å². The zero-order chi connectivity index (χ0) is 21.6. The maximum Gasteiger partial charge on any atom is 0.390 e. The highest BCUT2D eigenvalue weighted by Gasteiger charge is 2.31. The minimum absolute atomic E-state index is 0.266. The highest BCUT2D eigenvalue weighted by Crippen LogP contribution is 2.46.